The summed E-state index contributed by atoms with van der Waals surface area (Å²) >= 11 is 6.23. The third kappa shape index (κ3) is 6.51. The van der Waals surface area contributed by atoms with Gasteiger partial charge in [-0.15, -0.1) is 0 Å². The van der Waals surface area contributed by atoms with Crippen LogP contribution in [0.15, 0.2) is 53.5 Å². The summed E-state index contributed by atoms with van der Waals surface area (Å²) in [5.41, 5.74) is -0.751. The molecule has 5 atom stereocenters. The first-order valence-corrected chi connectivity index (χ1v) is 17.6. The highest BCUT2D eigenvalue weighted by molar-refractivity contribution is 6.31. The third-order valence-corrected chi connectivity index (χ3v) is 10.0. The van der Waals surface area contributed by atoms with Gasteiger partial charge >= 0.3 is 5.69 Å². The monoisotopic (exact) mass is 724 g/mol. The van der Waals surface area contributed by atoms with E-state index in [1.165, 1.54) is 28.8 Å². The van der Waals surface area contributed by atoms with Gasteiger partial charge in [0.2, 0.25) is 5.91 Å². The Balaban J connectivity index is 1.70. The van der Waals surface area contributed by atoms with Crippen LogP contribution in [0.1, 0.15) is 41.5 Å². The number of piperazine rings is 1. The van der Waals surface area contributed by atoms with E-state index < -0.39 is 41.3 Å². The van der Waals surface area contributed by atoms with Crippen LogP contribution in [0.25, 0.3) is 28.0 Å². The number of fused-ring (bicyclic) bond motifs is 4. The molecule has 272 valence electrons. The van der Waals surface area contributed by atoms with Gasteiger partial charge in [-0.25, -0.2) is 23.1 Å². The Labute approximate surface area is 300 Å². The molecule has 3 aliphatic rings. The van der Waals surface area contributed by atoms with E-state index in [0.717, 1.165) is 0 Å². The lowest BCUT2D eigenvalue weighted by atomic mass is 9.94. The first-order valence-electron chi connectivity index (χ1n) is 17.2. The number of halogens is 3. The fraction of sp³-hybridized carbons (Fsp3) is 0.459. The van der Waals surface area contributed by atoms with Crippen molar-refractivity contribution in [2.45, 2.75) is 71.9 Å². The predicted octanol–water partition coefficient (Wildman–Crippen LogP) is 5.25. The third-order valence-electron chi connectivity index (χ3n) is 9.72. The quantitative estimate of drug-likeness (QED) is 0.341. The number of benzene rings is 1. The Morgan fingerprint density at radius 3 is 2.63 bits per heavy atom. The van der Waals surface area contributed by atoms with Crippen LogP contribution in [-0.2, 0) is 9.53 Å². The zero-order valence-corrected chi connectivity index (χ0v) is 30.3. The number of hydrogen-bond acceptors (Lipinski definition) is 9. The lowest BCUT2D eigenvalue weighted by Crippen LogP contribution is -2.58. The van der Waals surface area contributed by atoms with Gasteiger partial charge in [0.1, 0.15) is 36.1 Å². The Morgan fingerprint density at radius 2 is 1.94 bits per heavy atom. The van der Waals surface area contributed by atoms with E-state index in [9.17, 15) is 14.7 Å². The second-order valence-electron chi connectivity index (χ2n) is 13.7. The van der Waals surface area contributed by atoms with E-state index in [-0.39, 0.29) is 76.9 Å². The van der Waals surface area contributed by atoms with Crippen LogP contribution in [0, 0.1) is 17.6 Å². The molecule has 0 radical (unpaired) electrons. The predicted molar refractivity (Wildman–Crippen MR) is 193 cm³/mol. The number of rotatable bonds is 6. The minimum absolute atomic E-state index is 0.00365. The summed E-state index contributed by atoms with van der Waals surface area (Å²) in [6, 6.07) is 2.76. The maximum Gasteiger partial charge on any atom is 0.355 e. The van der Waals surface area contributed by atoms with Crippen LogP contribution in [0.5, 0.6) is 5.75 Å². The summed E-state index contributed by atoms with van der Waals surface area (Å²) in [6.45, 7) is 16.3. The largest absolute Gasteiger partial charge is 0.490 e. The molecule has 1 fully saturated rings. The van der Waals surface area contributed by atoms with Crippen LogP contribution >= 0.6 is 11.6 Å². The number of aromatic nitrogens is 3. The number of hydrogen-bond donors (Lipinski definition) is 1. The molecular weight excluding hydrogens is 682 g/mol. The van der Waals surface area contributed by atoms with Gasteiger partial charge in [-0.05, 0) is 64.0 Å². The number of pyridine rings is 1. The second-order valence-corrected chi connectivity index (χ2v) is 14.1. The lowest BCUT2D eigenvalue weighted by molar-refractivity contribution is -0.128. The molecule has 1 aromatic carbocycles. The van der Waals surface area contributed by atoms with Gasteiger partial charge in [0, 0.05) is 50.1 Å². The van der Waals surface area contributed by atoms with Crippen LogP contribution in [0.3, 0.4) is 0 Å². The summed E-state index contributed by atoms with van der Waals surface area (Å²) in [4.78, 5) is 42.1. The summed E-state index contributed by atoms with van der Waals surface area (Å²) in [5, 5.41) is 11.9. The average Bonchev–Trinajstić information content (AvgIpc) is 3.08. The minimum Gasteiger partial charge on any atom is -0.490 e. The van der Waals surface area contributed by atoms with Crippen molar-refractivity contribution in [2.24, 2.45) is 5.92 Å². The molecule has 5 heterocycles. The van der Waals surface area contributed by atoms with Gasteiger partial charge < -0.3 is 29.3 Å². The average molecular weight is 725 g/mol. The SMILES string of the molecule is C=CC(=O)N1C[C@H](C)N(c2nc(=O)n3c4nc(c(F)cc24)-c2c(ccc(Cl)c2F)OCC(OCC)C(O)C2=C3[C@@H](C)N(CC(C)C)C=C2)C[C@H]1C. The summed E-state index contributed by atoms with van der Waals surface area (Å²) in [7, 11) is 0. The van der Waals surface area contributed by atoms with Crippen molar-refractivity contribution < 1.29 is 28.2 Å². The second kappa shape index (κ2) is 14.4. The smallest absolute Gasteiger partial charge is 0.355 e. The van der Waals surface area contributed by atoms with Crippen molar-refractivity contribution in [3.63, 3.8) is 0 Å². The molecule has 51 heavy (non-hydrogen) atoms. The van der Waals surface area contributed by atoms with E-state index in [0.29, 0.717) is 24.4 Å². The van der Waals surface area contributed by atoms with Gasteiger partial charge in [-0.1, -0.05) is 32.0 Å². The molecule has 3 aliphatic heterocycles. The molecule has 0 saturated carbocycles. The molecule has 1 saturated heterocycles. The highest BCUT2D eigenvalue weighted by atomic mass is 35.5. The van der Waals surface area contributed by atoms with Crippen molar-refractivity contribution in [3.05, 3.63) is 75.8 Å². The number of aliphatic hydroxyl groups excluding tert-OH is 1. The summed E-state index contributed by atoms with van der Waals surface area (Å²) < 4.78 is 45.9. The van der Waals surface area contributed by atoms with E-state index in [4.69, 9.17) is 26.1 Å². The summed E-state index contributed by atoms with van der Waals surface area (Å²) in [5.74, 6) is -1.75. The molecule has 0 spiro atoms. The van der Waals surface area contributed by atoms with Gasteiger partial charge in [0.15, 0.2) is 17.3 Å². The van der Waals surface area contributed by atoms with E-state index in [1.807, 2.05) is 36.8 Å². The van der Waals surface area contributed by atoms with Crippen molar-refractivity contribution in [1.29, 1.82) is 0 Å². The Hall–Kier alpha value is -4.33. The van der Waals surface area contributed by atoms with Crippen molar-refractivity contribution in [2.75, 3.05) is 37.7 Å². The number of ether oxygens (including phenoxy) is 2. The molecule has 6 rings (SSSR count). The minimum atomic E-state index is -1.31. The van der Waals surface area contributed by atoms with Gasteiger partial charge in [0.05, 0.1) is 27.7 Å². The zero-order chi connectivity index (χ0) is 36.9. The number of aliphatic hydroxyl groups is 1. The van der Waals surface area contributed by atoms with Crippen LogP contribution < -0.4 is 15.3 Å². The molecule has 3 aromatic rings. The normalized spacial score (nSPS) is 23.6. The number of amides is 1. The maximum absolute atomic E-state index is 16.6. The molecule has 1 amide bonds. The lowest BCUT2D eigenvalue weighted by Gasteiger charge is -2.44. The fourth-order valence-electron chi connectivity index (χ4n) is 7.25. The van der Waals surface area contributed by atoms with E-state index in [2.05, 4.69) is 25.4 Å². The van der Waals surface area contributed by atoms with Crippen molar-refractivity contribution >= 4 is 40.1 Å². The van der Waals surface area contributed by atoms with Crippen LogP contribution in [0.4, 0.5) is 14.6 Å². The maximum atomic E-state index is 16.6. The molecule has 14 heteroatoms. The molecular formula is C37H43ClF2N6O5. The van der Waals surface area contributed by atoms with Crippen LogP contribution in [0.2, 0.25) is 5.02 Å². The highest BCUT2D eigenvalue weighted by Crippen LogP contribution is 2.41. The van der Waals surface area contributed by atoms with Gasteiger partial charge in [0.25, 0.3) is 0 Å². The highest BCUT2D eigenvalue weighted by Gasteiger charge is 2.38. The van der Waals surface area contributed by atoms with E-state index >= 15 is 8.78 Å². The number of anilines is 1. The molecule has 11 nitrogen and oxygen atoms in total. The number of carbonyl (C=O) groups excluding carboxylic acids is 1. The van der Waals surface area contributed by atoms with Crippen molar-refractivity contribution in [1.82, 2.24) is 24.3 Å². The van der Waals surface area contributed by atoms with E-state index in [1.54, 1.807) is 17.9 Å². The molecule has 2 aromatic heterocycles. The van der Waals surface area contributed by atoms with Gasteiger partial charge in [-0.3, -0.25) is 4.79 Å². The fourth-order valence-corrected chi connectivity index (χ4v) is 7.41. The molecule has 1 N–H and O–H groups in total. The van der Waals surface area contributed by atoms with Crippen LogP contribution in [-0.4, -0.2) is 98.5 Å². The number of nitrogens with zero attached hydrogens (tertiary/aromatic N) is 6. The molecule has 0 aliphatic carbocycles. The first kappa shape index (κ1) is 36.5. The number of carbonyl (C=O) groups is 1. The standard InChI is InChI=1S/C37H43ClF2N6O5/c1-8-29(47)44-16-21(6)45(17-20(44)5)35-24-14-26(39)32-30-27(11-10-25(38)31(30)40)51-18-28(50-9-2)34(48)23-12-13-43(15-19(3)4)22(7)33(23)46(36(24)41-32)37(49)42-35/h8,10-14,19-22,28,34,48H,1,9,15-18H2,2-7H3/t20-,21+,22-,28?,34?/m1/s1. The molecule has 2 unspecified atom stereocenters. The molecule has 2 bridgehead atoms. The first-order chi connectivity index (χ1) is 24.3. The Morgan fingerprint density at radius 1 is 1.20 bits per heavy atom. The van der Waals surface area contributed by atoms with Crippen molar-refractivity contribution in [3.8, 4) is 17.0 Å². The summed E-state index contributed by atoms with van der Waals surface area (Å²) in [6.07, 6.45) is 2.59. The zero-order valence-electron chi connectivity index (χ0n) is 29.6. The Bertz CT molecular complexity index is 2000. The topological polar surface area (TPSA) is 113 Å². The van der Waals surface area contributed by atoms with Gasteiger partial charge in [-0.2, -0.15) is 4.98 Å². The Kier molecular flexibility index (Phi) is 10.3.